The molecule has 3 rings (SSSR count). The summed E-state index contributed by atoms with van der Waals surface area (Å²) in [7, 11) is 0. The van der Waals surface area contributed by atoms with Crippen LogP contribution in [0.25, 0.3) is 0 Å². The van der Waals surface area contributed by atoms with Crippen LogP contribution in [-0.2, 0) is 0 Å². The van der Waals surface area contributed by atoms with Crippen LogP contribution in [0.3, 0.4) is 0 Å². The van der Waals surface area contributed by atoms with E-state index in [-0.39, 0.29) is 5.41 Å². The Morgan fingerprint density at radius 1 is 1.19 bits per heavy atom. The number of hydrogen-bond acceptors (Lipinski definition) is 1. The van der Waals surface area contributed by atoms with Crippen molar-refractivity contribution in [2.24, 2.45) is 5.41 Å². The molecule has 0 aromatic heterocycles. The van der Waals surface area contributed by atoms with Gasteiger partial charge in [-0.05, 0) is 48.9 Å². The minimum atomic E-state index is 0.254. The number of aryl methyl sites for hydroxylation is 1. The molecule has 1 spiro atoms. The molecular weight excluding hydrogens is 280 g/mol. The summed E-state index contributed by atoms with van der Waals surface area (Å²) >= 11 is 6.56. The van der Waals surface area contributed by atoms with Gasteiger partial charge in [0, 0.05) is 17.2 Å². The van der Waals surface area contributed by atoms with Crippen LogP contribution in [0, 0.1) is 12.3 Å². The summed E-state index contributed by atoms with van der Waals surface area (Å²) < 4.78 is 6.35. The van der Waals surface area contributed by atoms with Crippen LogP contribution in [0.4, 0.5) is 0 Å². The molecule has 0 radical (unpaired) electrons. The van der Waals surface area contributed by atoms with Crippen molar-refractivity contribution in [2.75, 3.05) is 0 Å². The van der Waals surface area contributed by atoms with E-state index in [0.717, 1.165) is 12.2 Å². The Hall–Kier alpha value is -0.690. The minimum Gasteiger partial charge on any atom is -0.490 e. The lowest BCUT2D eigenvalue weighted by atomic mass is 9.58. The number of ether oxygens (including phenoxy) is 1. The summed E-state index contributed by atoms with van der Waals surface area (Å²) in [5.74, 6) is 1.59. The third-order valence-electron chi connectivity index (χ3n) is 5.61. The van der Waals surface area contributed by atoms with E-state index in [0.29, 0.717) is 17.4 Å². The molecule has 21 heavy (non-hydrogen) atoms. The van der Waals surface area contributed by atoms with E-state index in [4.69, 9.17) is 16.3 Å². The Morgan fingerprint density at radius 3 is 2.48 bits per heavy atom. The normalized spacial score (nSPS) is 27.7. The summed E-state index contributed by atoms with van der Waals surface area (Å²) in [6.07, 6.45) is 7.81. The molecule has 116 valence electrons. The molecule has 0 N–H and O–H groups in total. The van der Waals surface area contributed by atoms with Crippen LogP contribution in [0.1, 0.15) is 69.4 Å². The number of rotatable bonds is 3. The minimum absolute atomic E-state index is 0.254. The van der Waals surface area contributed by atoms with Crippen molar-refractivity contribution in [1.29, 1.82) is 0 Å². The predicted octanol–water partition coefficient (Wildman–Crippen LogP) is 5.83. The first kappa shape index (κ1) is 15.2. The summed E-state index contributed by atoms with van der Waals surface area (Å²) in [6, 6.07) is 6.56. The highest BCUT2D eigenvalue weighted by Gasteiger charge is 2.55. The zero-order chi connectivity index (χ0) is 15.0. The fraction of sp³-hybridized carbons (Fsp3) is 0.684. The van der Waals surface area contributed by atoms with Crippen molar-refractivity contribution in [2.45, 2.75) is 76.7 Å². The fourth-order valence-corrected chi connectivity index (χ4v) is 4.76. The molecule has 2 atom stereocenters. The van der Waals surface area contributed by atoms with Crippen molar-refractivity contribution in [3.8, 4) is 5.75 Å². The Morgan fingerprint density at radius 2 is 1.90 bits per heavy atom. The van der Waals surface area contributed by atoms with Crippen LogP contribution in [0.2, 0.25) is 0 Å². The second kappa shape index (κ2) is 5.83. The molecule has 1 aromatic rings. The Bertz CT molecular complexity index is 502. The number of benzene rings is 1. The molecule has 0 heterocycles. The van der Waals surface area contributed by atoms with E-state index < -0.39 is 0 Å². The highest BCUT2D eigenvalue weighted by molar-refractivity contribution is 6.21. The van der Waals surface area contributed by atoms with Crippen molar-refractivity contribution < 1.29 is 4.74 Å². The standard InChI is InChI=1S/C19H27ClO/c1-13(2)16-8-7-15(11-14(16)3)21-18-12-17(20)19(18)9-5-4-6-10-19/h7-8,11,13,17-18H,4-6,9-10,12H2,1-3H3. The summed E-state index contributed by atoms with van der Waals surface area (Å²) in [4.78, 5) is 0. The quantitative estimate of drug-likeness (QED) is 0.639. The molecule has 0 aliphatic heterocycles. The molecule has 2 heteroatoms. The number of hydrogen-bond donors (Lipinski definition) is 0. The third kappa shape index (κ3) is 2.70. The Labute approximate surface area is 134 Å². The monoisotopic (exact) mass is 306 g/mol. The van der Waals surface area contributed by atoms with Gasteiger partial charge in [0.15, 0.2) is 0 Å². The van der Waals surface area contributed by atoms with Gasteiger partial charge in [-0.3, -0.25) is 0 Å². The third-order valence-corrected chi connectivity index (χ3v) is 6.22. The van der Waals surface area contributed by atoms with E-state index in [1.165, 1.54) is 43.2 Å². The van der Waals surface area contributed by atoms with Gasteiger partial charge in [-0.25, -0.2) is 0 Å². The van der Waals surface area contributed by atoms with Crippen LogP contribution < -0.4 is 4.74 Å². The average molecular weight is 307 g/mol. The van der Waals surface area contributed by atoms with Gasteiger partial charge in [-0.2, -0.15) is 0 Å². The maximum atomic E-state index is 6.56. The molecule has 2 saturated carbocycles. The summed E-state index contributed by atoms with van der Waals surface area (Å²) in [5.41, 5.74) is 3.00. The second-order valence-electron chi connectivity index (χ2n) is 7.28. The van der Waals surface area contributed by atoms with Crippen LogP contribution in [0.5, 0.6) is 5.75 Å². The van der Waals surface area contributed by atoms with Crippen molar-refractivity contribution in [3.05, 3.63) is 29.3 Å². The van der Waals surface area contributed by atoms with Gasteiger partial charge in [0.25, 0.3) is 0 Å². The summed E-state index contributed by atoms with van der Waals surface area (Å²) in [6.45, 7) is 6.66. The average Bonchev–Trinajstić information content (AvgIpc) is 2.47. The van der Waals surface area contributed by atoms with Gasteiger partial charge < -0.3 is 4.74 Å². The number of halogens is 1. The molecule has 2 aliphatic carbocycles. The first-order valence-electron chi connectivity index (χ1n) is 8.44. The van der Waals surface area contributed by atoms with Crippen molar-refractivity contribution >= 4 is 11.6 Å². The predicted molar refractivity (Wildman–Crippen MR) is 89.5 cm³/mol. The zero-order valence-corrected chi connectivity index (χ0v) is 14.2. The largest absolute Gasteiger partial charge is 0.490 e. The lowest BCUT2D eigenvalue weighted by Gasteiger charge is -2.55. The highest BCUT2D eigenvalue weighted by atomic mass is 35.5. The van der Waals surface area contributed by atoms with Gasteiger partial charge in [0.2, 0.25) is 0 Å². The molecule has 0 bridgehead atoms. The van der Waals surface area contributed by atoms with Crippen LogP contribution in [-0.4, -0.2) is 11.5 Å². The highest BCUT2D eigenvalue weighted by Crippen LogP contribution is 2.55. The molecular formula is C19H27ClO. The van der Waals surface area contributed by atoms with E-state index in [1.54, 1.807) is 0 Å². The lowest BCUT2D eigenvalue weighted by molar-refractivity contribution is -0.0650. The molecule has 0 amide bonds. The molecule has 2 aliphatic rings. The van der Waals surface area contributed by atoms with Crippen LogP contribution in [0.15, 0.2) is 18.2 Å². The van der Waals surface area contributed by atoms with Crippen molar-refractivity contribution in [1.82, 2.24) is 0 Å². The SMILES string of the molecule is Cc1cc(OC2CC(Cl)C23CCCCC3)ccc1C(C)C. The molecule has 1 nitrogen and oxygen atoms in total. The maximum absolute atomic E-state index is 6.56. The maximum Gasteiger partial charge on any atom is 0.120 e. The number of alkyl halides is 1. The van der Waals surface area contributed by atoms with Crippen LogP contribution >= 0.6 is 11.6 Å². The smallest absolute Gasteiger partial charge is 0.120 e. The molecule has 1 aromatic carbocycles. The van der Waals surface area contributed by atoms with Crippen molar-refractivity contribution in [3.63, 3.8) is 0 Å². The first-order valence-corrected chi connectivity index (χ1v) is 8.88. The van der Waals surface area contributed by atoms with Gasteiger partial charge in [-0.1, -0.05) is 39.2 Å². The fourth-order valence-electron chi connectivity index (χ4n) is 4.24. The Balaban J connectivity index is 1.73. The molecule has 2 fully saturated rings. The van der Waals surface area contributed by atoms with E-state index in [2.05, 4.69) is 39.0 Å². The summed E-state index contributed by atoms with van der Waals surface area (Å²) in [5, 5.41) is 0.318. The van der Waals surface area contributed by atoms with E-state index >= 15 is 0 Å². The second-order valence-corrected chi connectivity index (χ2v) is 7.80. The van der Waals surface area contributed by atoms with E-state index in [1.807, 2.05) is 0 Å². The molecule has 0 saturated heterocycles. The zero-order valence-electron chi connectivity index (χ0n) is 13.5. The Kier molecular flexibility index (Phi) is 4.23. The van der Waals surface area contributed by atoms with E-state index in [9.17, 15) is 0 Å². The molecule has 2 unspecified atom stereocenters. The topological polar surface area (TPSA) is 9.23 Å². The van der Waals surface area contributed by atoms with Gasteiger partial charge in [-0.15, -0.1) is 11.6 Å². The van der Waals surface area contributed by atoms with Gasteiger partial charge in [0.05, 0.1) is 0 Å². The first-order chi connectivity index (χ1) is 10.0. The van der Waals surface area contributed by atoms with Gasteiger partial charge >= 0.3 is 0 Å². The van der Waals surface area contributed by atoms with Gasteiger partial charge in [0.1, 0.15) is 11.9 Å². The lowest BCUT2D eigenvalue weighted by Crippen LogP contribution is -2.58.